The predicted molar refractivity (Wildman–Crippen MR) is 229 cm³/mol. The first kappa shape index (κ1) is 42.4. The van der Waals surface area contributed by atoms with E-state index in [2.05, 4.69) is 86.3 Å². The predicted octanol–water partition coefficient (Wildman–Crippen LogP) is 7.38. The molecule has 2 unspecified atom stereocenters. The molecule has 4 atom stereocenters. The van der Waals surface area contributed by atoms with Crippen molar-refractivity contribution in [3.63, 3.8) is 0 Å². The number of piperazine rings is 1. The van der Waals surface area contributed by atoms with E-state index in [4.69, 9.17) is 23.4 Å². The van der Waals surface area contributed by atoms with Crippen LogP contribution < -0.4 is 10.4 Å². The minimum Gasteiger partial charge on any atom is -0.445 e. The Morgan fingerprint density at radius 1 is 0.776 bits per heavy atom. The Balaban J connectivity index is 0.949. The Kier molecular flexibility index (Phi) is 12.8. The van der Waals surface area contributed by atoms with Crippen LogP contribution in [0, 0.1) is 0 Å². The van der Waals surface area contributed by atoms with Crippen LogP contribution in [0.3, 0.4) is 0 Å². The molecule has 3 aromatic carbocycles. The molecule has 2 amide bonds. The third kappa shape index (κ3) is 9.04. The van der Waals surface area contributed by atoms with Crippen LogP contribution in [0.15, 0.2) is 91.0 Å². The number of nitrogens with zero attached hydrogens (tertiary/aromatic N) is 3. The molecule has 0 aliphatic carbocycles. The number of benzene rings is 3. The highest BCUT2D eigenvalue weighted by molar-refractivity contribution is 6.99. The highest BCUT2D eigenvalue weighted by atomic mass is 28.4. The van der Waals surface area contributed by atoms with Crippen molar-refractivity contribution in [3.8, 4) is 0 Å². The molecule has 4 heterocycles. The smallest absolute Gasteiger partial charge is 0.411 e. The molecule has 0 N–H and O–H groups in total. The second-order valence-electron chi connectivity index (χ2n) is 19.0. The normalized spacial score (nSPS) is 24.9. The van der Waals surface area contributed by atoms with Gasteiger partial charge in [-0.25, -0.2) is 9.59 Å². The van der Waals surface area contributed by atoms with Gasteiger partial charge in [0.05, 0.1) is 30.9 Å². The molecule has 11 heteroatoms. The summed E-state index contributed by atoms with van der Waals surface area (Å²) in [5, 5.41) is 2.55. The van der Waals surface area contributed by atoms with Crippen LogP contribution in [0.4, 0.5) is 9.59 Å². The monoisotopic (exact) mass is 811 g/mol. The zero-order valence-corrected chi connectivity index (χ0v) is 36.6. The van der Waals surface area contributed by atoms with E-state index in [0.29, 0.717) is 39.5 Å². The summed E-state index contributed by atoms with van der Waals surface area (Å²) in [6.45, 7) is 17.7. The Labute approximate surface area is 347 Å². The summed E-state index contributed by atoms with van der Waals surface area (Å²) in [7, 11) is -2.66. The van der Waals surface area contributed by atoms with Crippen molar-refractivity contribution in [2.75, 3.05) is 52.6 Å². The SMILES string of the molecule is CC(C)(C)OC(=O)N1C2CCC1(COCCCO[C@H]1CN3CCC[C@]3(CO[Si](c3ccccc3)(c3ccccc3)C(C)(C)C)C1)CN(C(=O)OCc1ccccc1)C2. The summed E-state index contributed by atoms with van der Waals surface area (Å²) in [5.41, 5.74) is -0.426. The molecule has 0 radical (unpaired) electrons. The Hall–Kier alpha value is -3.74. The van der Waals surface area contributed by atoms with E-state index in [1.165, 1.54) is 16.8 Å². The number of hydrogen-bond acceptors (Lipinski definition) is 8. The molecule has 4 fully saturated rings. The van der Waals surface area contributed by atoms with Gasteiger partial charge < -0.3 is 28.3 Å². The average molecular weight is 812 g/mol. The Morgan fingerprint density at radius 3 is 2.07 bits per heavy atom. The average Bonchev–Trinajstić information content (AvgIpc) is 3.82. The molecular weight excluding hydrogens is 747 g/mol. The molecule has 58 heavy (non-hydrogen) atoms. The van der Waals surface area contributed by atoms with E-state index in [1.807, 2.05) is 56.0 Å². The number of hydrogen-bond donors (Lipinski definition) is 0. The van der Waals surface area contributed by atoms with Crippen LogP contribution in [-0.4, -0.2) is 117 Å². The second-order valence-corrected chi connectivity index (χ2v) is 23.3. The highest BCUT2D eigenvalue weighted by Crippen LogP contribution is 2.44. The number of fused-ring (bicyclic) bond motifs is 3. The van der Waals surface area contributed by atoms with Crippen LogP contribution in [-0.2, 0) is 30.0 Å². The van der Waals surface area contributed by atoms with E-state index in [-0.39, 0.29) is 41.5 Å². The van der Waals surface area contributed by atoms with Crippen LogP contribution in [0.5, 0.6) is 0 Å². The van der Waals surface area contributed by atoms with Gasteiger partial charge in [0.2, 0.25) is 0 Å². The van der Waals surface area contributed by atoms with E-state index in [0.717, 1.165) is 50.8 Å². The molecule has 4 aliphatic heterocycles. The van der Waals surface area contributed by atoms with Crippen LogP contribution >= 0.6 is 0 Å². The van der Waals surface area contributed by atoms with Crippen molar-refractivity contribution < 1.29 is 33.0 Å². The summed E-state index contributed by atoms with van der Waals surface area (Å²) in [6.07, 6.45) is 4.89. The second kappa shape index (κ2) is 17.5. The number of carbonyl (C=O) groups is 2. The zero-order valence-electron chi connectivity index (χ0n) is 35.6. The largest absolute Gasteiger partial charge is 0.445 e. The lowest BCUT2D eigenvalue weighted by atomic mass is 9.94. The van der Waals surface area contributed by atoms with Gasteiger partial charge in [0.15, 0.2) is 0 Å². The lowest BCUT2D eigenvalue weighted by Gasteiger charge is -2.48. The van der Waals surface area contributed by atoms with Crippen molar-refractivity contribution in [2.45, 2.75) is 121 Å². The van der Waals surface area contributed by atoms with Gasteiger partial charge in [0.25, 0.3) is 8.32 Å². The van der Waals surface area contributed by atoms with Gasteiger partial charge in [-0.3, -0.25) is 9.80 Å². The van der Waals surface area contributed by atoms with Gasteiger partial charge in [0, 0.05) is 38.4 Å². The third-order valence-corrected chi connectivity index (χ3v) is 17.7. The van der Waals surface area contributed by atoms with E-state index >= 15 is 0 Å². The zero-order chi connectivity index (χ0) is 41.0. The first-order valence-corrected chi connectivity index (χ1v) is 23.3. The summed E-state index contributed by atoms with van der Waals surface area (Å²) in [6, 6.07) is 31.4. The van der Waals surface area contributed by atoms with E-state index in [1.54, 1.807) is 4.90 Å². The van der Waals surface area contributed by atoms with Gasteiger partial charge in [0.1, 0.15) is 12.2 Å². The van der Waals surface area contributed by atoms with Crippen molar-refractivity contribution in [3.05, 3.63) is 96.6 Å². The number of carbonyl (C=O) groups excluding carboxylic acids is 2. The summed E-state index contributed by atoms with van der Waals surface area (Å²) in [4.78, 5) is 33.2. The minimum absolute atomic E-state index is 0.0351. The van der Waals surface area contributed by atoms with Gasteiger partial charge >= 0.3 is 12.2 Å². The lowest BCUT2D eigenvalue weighted by molar-refractivity contribution is -0.0635. The van der Waals surface area contributed by atoms with Gasteiger partial charge in [-0.05, 0) is 86.8 Å². The maximum Gasteiger partial charge on any atom is 0.411 e. The van der Waals surface area contributed by atoms with Gasteiger partial charge in [-0.15, -0.1) is 0 Å². The number of amides is 2. The molecule has 0 spiro atoms. The molecule has 2 bridgehead atoms. The molecule has 4 aliphatic rings. The standard InChI is InChI=1S/C47H65N3O7Si/c1-44(2,3)57-43(52)50-38-24-26-47(50,34-48(31-38)42(51)55-33-37-18-10-7-11-19-37)35-53-28-17-29-54-39-30-46(25-16-27-49(46)32-39)36-56-58(45(4,5)6,40-20-12-8-13-21-40)41-22-14-9-15-23-41/h7-15,18-23,38-39H,16-17,24-36H2,1-6H3/t38?,39-,46-,47?/m1/s1. The fraction of sp³-hybridized carbons (Fsp3) is 0.574. The van der Waals surface area contributed by atoms with Crippen molar-refractivity contribution in [1.29, 1.82) is 0 Å². The van der Waals surface area contributed by atoms with Crippen molar-refractivity contribution in [2.24, 2.45) is 0 Å². The first-order chi connectivity index (χ1) is 27.7. The molecule has 0 saturated carbocycles. The molecule has 4 saturated heterocycles. The van der Waals surface area contributed by atoms with E-state index < -0.39 is 19.5 Å². The van der Waals surface area contributed by atoms with Crippen LogP contribution in [0.25, 0.3) is 0 Å². The Morgan fingerprint density at radius 2 is 1.43 bits per heavy atom. The fourth-order valence-corrected chi connectivity index (χ4v) is 14.8. The number of ether oxygens (including phenoxy) is 4. The lowest BCUT2D eigenvalue weighted by Crippen LogP contribution is -2.68. The molecular formula is C47H65N3O7Si. The quantitative estimate of drug-likeness (QED) is 0.123. The number of rotatable bonds is 14. The molecule has 10 nitrogen and oxygen atoms in total. The molecule has 314 valence electrons. The minimum atomic E-state index is -2.66. The third-order valence-electron chi connectivity index (χ3n) is 12.7. The van der Waals surface area contributed by atoms with Crippen LogP contribution in [0.2, 0.25) is 5.04 Å². The van der Waals surface area contributed by atoms with Gasteiger partial charge in [-0.1, -0.05) is 112 Å². The first-order valence-electron chi connectivity index (χ1n) is 21.4. The van der Waals surface area contributed by atoms with E-state index in [9.17, 15) is 9.59 Å². The molecule has 3 aromatic rings. The van der Waals surface area contributed by atoms with Crippen molar-refractivity contribution >= 4 is 30.9 Å². The maximum absolute atomic E-state index is 13.6. The summed E-state index contributed by atoms with van der Waals surface area (Å²) >= 11 is 0. The molecule has 0 aromatic heterocycles. The Bertz CT molecular complexity index is 1780. The number of likely N-dealkylation sites (tertiary alicyclic amines) is 1. The summed E-state index contributed by atoms with van der Waals surface area (Å²) in [5.74, 6) is 0. The van der Waals surface area contributed by atoms with Crippen LogP contribution in [0.1, 0.15) is 85.6 Å². The fourth-order valence-electron chi connectivity index (χ4n) is 10.1. The highest BCUT2D eigenvalue weighted by Gasteiger charge is 2.57. The maximum atomic E-state index is 13.6. The topological polar surface area (TPSA) is 90.0 Å². The van der Waals surface area contributed by atoms with Gasteiger partial charge in [-0.2, -0.15) is 0 Å². The van der Waals surface area contributed by atoms with Crippen molar-refractivity contribution in [1.82, 2.24) is 14.7 Å². The summed E-state index contributed by atoms with van der Waals surface area (Å²) < 4.78 is 32.1. The molecule has 7 rings (SSSR count).